The summed E-state index contributed by atoms with van der Waals surface area (Å²) in [6.07, 6.45) is 0. The summed E-state index contributed by atoms with van der Waals surface area (Å²) in [5.74, 6) is -1.04. The van der Waals surface area contributed by atoms with Crippen LogP contribution >= 0.6 is 0 Å². The van der Waals surface area contributed by atoms with Crippen LogP contribution < -0.4 is 15.9 Å². The predicted octanol–water partition coefficient (Wildman–Crippen LogP) is 1.85. The minimum absolute atomic E-state index is 0.0892. The molecule has 0 atom stereocenters. The van der Waals surface area contributed by atoms with Gasteiger partial charge in [0.15, 0.2) is 5.84 Å². The van der Waals surface area contributed by atoms with Crippen molar-refractivity contribution < 1.29 is 12.8 Å². The molecule has 0 amide bonds. The average Bonchev–Trinajstić information content (AvgIpc) is 2.55. The summed E-state index contributed by atoms with van der Waals surface area (Å²) in [6, 6.07) is 12.1. The first-order valence-corrected chi connectivity index (χ1v) is 8.27. The van der Waals surface area contributed by atoms with Crippen LogP contribution in [0.3, 0.4) is 0 Å². The molecule has 2 aromatic rings. The molecule has 0 aliphatic rings. The van der Waals surface area contributed by atoms with Gasteiger partial charge < -0.3 is 5.73 Å². The fraction of sp³-hybridized carbons (Fsp3) is 0. The SMILES string of the molecule is N#C/C(=N\Nc1cccc(NS(=O)(=O)c2ccc(F)cc2)c1)C(=N)N. The van der Waals surface area contributed by atoms with Gasteiger partial charge in [-0.1, -0.05) is 6.07 Å². The highest BCUT2D eigenvalue weighted by Gasteiger charge is 2.14. The van der Waals surface area contributed by atoms with Crippen molar-refractivity contribution >= 4 is 32.9 Å². The molecule has 2 rings (SSSR count). The number of halogens is 1. The third-order valence-corrected chi connectivity index (χ3v) is 4.29. The van der Waals surface area contributed by atoms with E-state index in [1.54, 1.807) is 18.2 Å². The number of hydrazone groups is 1. The second kappa shape index (κ2) is 7.41. The van der Waals surface area contributed by atoms with E-state index in [-0.39, 0.29) is 16.3 Å². The molecule has 0 unspecified atom stereocenters. The van der Waals surface area contributed by atoms with Gasteiger partial charge in [0.05, 0.1) is 16.3 Å². The third-order valence-electron chi connectivity index (χ3n) is 2.90. The summed E-state index contributed by atoms with van der Waals surface area (Å²) in [4.78, 5) is -0.0892. The molecular formula is C15H13FN6O2S. The highest BCUT2D eigenvalue weighted by molar-refractivity contribution is 7.92. The van der Waals surface area contributed by atoms with Crippen LogP contribution in [0.25, 0.3) is 0 Å². The Bertz CT molecular complexity index is 964. The fourth-order valence-electron chi connectivity index (χ4n) is 1.75. The molecule has 0 aliphatic heterocycles. The maximum absolute atomic E-state index is 12.9. The maximum atomic E-state index is 12.9. The number of sulfonamides is 1. The number of nitrogens with one attached hydrogen (secondary N) is 3. The molecule has 0 aromatic heterocycles. The van der Waals surface area contributed by atoms with Crippen LogP contribution in [0.1, 0.15) is 0 Å². The van der Waals surface area contributed by atoms with Crippen LogP contribution in [0.5, 0.6) is 0 Å². The van der Waals surface area contributed by atoms with Crippen LogP contribution in [0.4, 0.5) is 15.8 Å². The number of nitrogens with two attached hydrogens (primary N) is 1. The standard InChI is InChI=1S/C15H13FN6O2S/c16-10-4-6-13(7-5-10)25(23,24)22-12-3-1-2-11(8-12)20-21-14(9-17)15(18)19/h1-8,20,22H,(H3,18,19)/b21-14+. The van der Waals surface area contributed by atoms with Gasteiger partial charge in [0.2, 0.25) is 5.71 Å². The number of hydrogen-bond donors (Lipinski definition) is 4. The van der Waals surface area contributed by atoms with Crippen LogP contribution in [-0.4, -0.2) is 20.0 Å². The first-order valence-electron chi connectivity index (χ1n) is 6.78. The summed E-state index contributed by atoms with van der Waals surface area (Å²) < 4.78 is 39.8. The molecule has 0 aliphatic carbocycles. The van der Waals surface area contributed by atoms with Gasteiger partial charge in [0, 0.05) is 0 Å². The van der Waals surface area contributed by atoms with Crippen molar-refractivity contribution in [2.24, 2.45) is 10.8 Å². The second-order valence-electron chi connectivity index (χ2n) is 4.74. The summed E-state index contributed by atoms with van der Waals surface area (Å²) in [5, 5.41) is 19.6. The van der Waals surface area contributed by atoms with Crippen molar-refractivity contribution in [1.82, 2.24) is 0 Å². The maximum Gasteiger partial charge on any atom is 0.261 e. The zero-order chi connectivity index (χ0) is 18.4. The second-order valence-corrected chi connectivity index (χ2v) is 6.42. The molecule has 0 heterocycles. The van der Waals surface area contributed by atoms with E-state index in [4.69, 9.17) is 16.4 Å². The number of hydrogen-bond acceptors (Lipinski definition) is 6. The summed E-state index contributed by atoms with van der Waals surface area (Å²) >= 11 is 0. The van der Waals surface area contributed by atoms with E-state index in [9.17, 15) is 12.8 Å². The van der Waals surface area contributed by atoms with Gasteiger partial charge in [0.25, 0.3) is 10.0 Å². The van der Waals surface area contributed by atoms with Gasteiger partial charge >= 0.3 is 0 Å². The third kappa shape index (κ3) is 4.76. The summed E-state index contributed by atoms with van der Waals surface area (Å²) in [7, 11) is -3.88. The Morgan fingerprint density at radius 1 is 1.20 bits per heavy atom. The van der Waals surface area contributed by atoms with Gasteiger partial charge in [0.1, 0.15) is 11.9 Å². The Morgan fingerprint density at radius 3 is 2.44 bits per heavy atom. The molecule has 0 spiro atoms. The van der Waals surface area contributed by atoms with Gasteiger partial charge in [-0.15, -0.1) is 0 Å². The Labute approximate surface area is 143 Å². The first kappa shape index (κ1) is 17.9. The lowest BCUT2D eigenvalue weighted by molar-refractivity contribution is 0.599. The van der Waals surface area contributed by atoms with Gasteiger partial charge in [-0.25, -0.2) is 12.8 Å². The topological polar surface area (TPSA) is 144 Å². The minimum atomic E-state index is -3.88. The van der Waals surface area contributed by atoms with E-state index < -0.39 is 21.7 Å². The summed E-state index contributed by atoms with van der Waals surface area (Å²) in [5.41, 5.74) is 7.97. The molecule has 5 N–H and O–H groups in total. The molecule has 0 saturated heterocycles. The lowest BCUT2D eigenvalue weighted by Crippen LogP contribution is -2.21. The largest absolute Gasteiger partial charge is 0.382 e. The van der Waals surface area contributed by atoms with Crippen molar-refractivity contribution in [1.29, 1.82) is 10.7 Å². The Morgan fingerprint density at radius 2 is 1.84 bits per heavy atom. The predicted molar refractivity (Wildman–Crippen MR) is 92.2 cm³/mol. The molecule has 10 heteroatoms. The number of nitrogens with zero attached hydrogens (tertiary/aromatic N) is 2. The number of anilines is 2. The molecule has 25 heavy (non-hydrogen) atoms. The van der Waals surface area contributed by atoms with Crippen LogP contribution in [0, 0.1) is 22.6 Å². The molecule has 0 radical (unpaired) electrons. The molecule has 128 valence electrons. The Kier molecular flexibility index (Phi) is 5.31. The van der Waals surface area contributed by atoms with E-state index >= 15 is 0 Å². The summed E-state index contributed by atoms with van der Waals surface area (Å²) in [6.45, 7) is 0. The zero-order valence-corrected chi connectivity index (χ0v) is 13.5. The van der Waals surface area contributed by atoms with Gasteiger partial charge in [-0.05, 0) is 42.5 Å². The fourth-order valence-corrected chi connectivity index (χ4v) is 2.80. The Balaban J connectivity index is 2.20. The average molecular weight is 360 g/mol. The smallest absolute Gasteiger partial charge is 0.261 e. The van der Waals surface area contributed by atoms with E-state index in [0.717, 1.165) is 24.3 Å². The zero-order valence-electron chi connectivity index (χ0n) is 12.7. The van der Waals surface area contributed by atoms with E-state index in [2.05, 4.69) is 15.2 Å². The normalized spacial score (nSPS) is 11.4. The van der Waals surface area contributed by atoms with Crippen molar-refractivity contribution in [2.75, 3.05) is 10.1 Å². The number of rotatable bonds is 6. The van der Waals surface area contributed by atoms with Gasteiger partial charge in [-0.3, -0.25) is 15.6 Å². The molecule has 0 saturated carbocycles. The number of nitriles is 1. The van der Waals surface area contributed by atoms with Crippen molar-refractivity contribution in [3.05, 3.63) is 54.3 Å². The molecular weight excluding hydrogens is 347 g/mol. The number of amidine groups is 1. The van der Waals surface area contributed by atoms with Crippen molar-refractivity contribution in [3.8, 4) is 6.07 Å². The lowest BCUT2D eigenvalue weighted by atomic mass is 10.3. The molecule has 0 bridgehead atoms. The van der Waals surface area contributed by atoms with E-state index in [1.807, 2.05) is 0 Å². The molecule has 2 aromatic carbocycles. The molecule has 0 fully saturated rings. The van der Waals surface area contributed by atoms with Crippen molar-refractivity contribution in [3.63, 3.8) is 0 Å². The Hall–Kier alpha value is -3.45. The highest BCUT2D eigenvalue weighted by atomic mass is 32.2. The van der Waals surface area contributed by atoms with Crippen LogP contribution in [-0.2, 0) is 10.0 Å². The first-order chi connectivity index (χ1) is 11.8. The van der Waals surface area contributed by atoms with Crippen LogP contribution in [0.15, 0.2) is 58.5 Å². The van der Waals surface area contributed by atoms with E-state index in [0.29, 0.717) is 5.69 Å². The highest BCUT2D eigenvalue weighted by Crippen LogP contribution is 2.19. The quantitative estimate of drug-likeness (QED) is 0.353. The molecule has 8 nitrogen and oxygen atoms in total. The number of benzene rings is 2. The van der Waals surface area contributed by atoms with Crippen LogP contribution in [0.2, 0.25) is 0 Å². The lowest BCUT2D eigenvalue weighted by Gasteiger charge is -2.09. The minimum Gasteiger partial charge on any atom is -0.382 e. The monoisotopic (exact) mass is 360 g/mol. The van der Waals surface area contributed by atoms with Gasteiger partial charge in [-0.2, -0.15) is 10.4 Å². The van der Waals surface area contributed by atoms with E-state index in [1.165, 1.54) is 12.1 Å². The van der Waals surface area contributed by atoms with Crippen molar-refractivity contribution in [2.45, 2.75) is 4.90 Å².